The van der Waals surface area contributed by atoms with Gasteiger partial charge in [-0.15, -0.1) is 0 Å². The van der Waals surface area contributed by atoms with Crippen molar-refractivity contribution < 1.29 is 13.2 Å². The van der Waals surface area contributed by atoms with E-state index in [4.69, 9.17) is 0 Å². The maximum Gasteiger partial charge on any atom is 0.401 e. The summed E-state index contributed by atoms with van der Waals surface area (Å²) >= 11 is 0. The van der Waals surface area contributed by atoms with E-state index in [1.807, 2.05) is 0 Å². The van der Waals surface area contributed by atoms with Gasteiger partial charge < -0.3 is 10.2 Å². The molecule has 0 spiro atoms. The first-order valence-electron chi connectivity index (χ1n) is 8.23. The monoisotopic (exact) mass is 307 g/mol. The van der Waals surface area contributed by atoms with Crippen molar-refractivity contribution in [3.63, 3.8) is 0 Å². The highest BCUT2D eigenvalue weighted by Crippen LogP contribution is 2.27. The highest BCUT2D eigenvalue weighted by molar-refractivity contribution is 4.86. The van der Waals surface area contributed by atoms with Gasteiger partial charge in [0.1, 0.15) is 0 Å². The number of rotatable bonds is 6. The first-order chi connectivity index (χ1) is 9.98. The Morgan fingerprint density at radius 2 is 1.71 bits per heavy atom. The summed E-state index contributed by atoms with van der Waals surface area (Å²) in [5.41, 5.74) is 0. The third-order valence-corrected chi connectivity index (χ3v) is 4.68. The van der Waals surface area contributed by atoms with Crippen LogP contribution in [0.5, 0.6) is 0 Å². The lowest BCUT2D eigenvalue weighted by Crippen LogP contribution is -2.51. The fourth-order valence-corrected chi connectivity index (χ4v) is 3.57. The zero-order valence-electron chi connectivity index (χ0n) is 13.0. The van der Waals surface area contributed by atoms with Crippen LogP contribution in [-0.4, -0.2) is 67.8 Å². The van der Waals surface area contributed by atoms with Crippen molar-refractivity contribution >= 4 is 0 Å². The molecule has 2 rings (SSSR count). The molecule has 0 radical (unpaired) electrons. The number of hydrogen-bond donors (Lipinski definition) is 1. The van der Waals surface area contributed by atoms with Gasteiger partial charge in [0, 0.05) is 38.8 Å². The van der Waals surface area contributed by atoms with Gasteiger partial charge in [-0.2, -0.15) is 13.2 Å². The molecule has 1 aliphatic heterocycles. The Bertz CT molecular complexity index is 301. The number of nitrogens with zero attached hydrogens (tertiary/aromatic N) is 2. The molecule has 0 amide bonds. The van der Waals surface area contributed by atoms with Crippen LogP contribution in [0.25, 0.3) is 0 Å². The molecule has 124 valence electrons. The van der Waals surface area contributed by atoms with Crippen LogP contribution < -0.4 is 5.32 Å². The zero-order chi connectivity index (χ0) is 15.3. The third kappa shape index (κ3) is 5.75. The molecular formula is C15H28F3N3. The Morgan fingerprint density at radius 3 is 2.33 bits per heavy atom. The van der Waals surface area contributed by atoms with Crippen LogP contribution >= 0.6 is 0 Å². The fourth-order valence-electron chi connectivity index (χ4n) is 3.57. The molecule has 3 nitrogen and oxygen atoms in total. The lowest BCUT2D eigenvalue weighted by atomic mass is 10.0. The van der Waals surface area contributed by atoms with E-state index >= 15 is 0 Å². The van der Waals surface area contributed by atoms with Gasteiger partial charge in [-0.25, -0.2) is 0 Å². The minimum absolute atomic E-state index is 0.541. The van der Waals surface area contributed by atoms with Crippen LogP contribution in [0.2, 0.25) is 0 Å². The van der Waals surface area contributed by atoms with E-state index in [1.165, 1.54) is 24.2 Å². The van der Waals surface area contributed by atoms with E-state index in [1.54, 1.807) is 0 Å². The molecule has 2 fully saturated rings. The summed E-state index contributed by atoms with van der Waals surface area (Å²) in [5.74, 6) is 0.672. The van der Waals surface area contributed by atoms with E-state index in [0.29, 0.717) is 25.0 Å². The summed E-state index contributed by atoms with van der Waals surface area (Å²) in [5, 5.41) is 3.62. The topological polar surface area (TPSA) is 18.5 Å². The quantitative estimate of drug-likeness (QED) is 0.812. The van der Waals surface area contributed by atoms with Crippen LogP contribution in [0.4, 0.5) is 13.2 Å². The molecule has 1 saturated heterocycles. The second-order valence-electron chi connectivity index (χ2n) is 6.44. The highest BCUT2D eigenvalue weighted by atomic mass is 19.4. The molecule has 0 aromatic carbocycles. The third-order valence-electron chi connectivity index (χ3n) is 4.68. The molecule has 0 aromatic heterocycles. The normalized spacial score (nSPS) is 29.1. The average molecular weight is 307 g/mol. The van der Waals surface area contributed by atoms with Gasteiger partial charge in [-0.3, -0.25) is 4.90 Å². The van der Waals surface area contributed by atoms with Gasteiger partial charge in [-0.1, -0.05) is 13.3 Å². The Labute approximate surface area is 125 Å². The Kier molecular flexibility index (Phi) is 6.32. The molecular weight excluding hydrogens is 279 g/mol. The van der Waals surface area contributed by atoms with Gasteiger partial charge in [-0.05, 0) is 31.7 Å². The molecule has 0 aromatic rings. The summed E-state index contributed by atoms with van der Waals surface area (Å²) < 4.78 is 37.1. The standard InChI is InChI=1S/C15H28F3N3/c1-2-6-19-14-5-3-4-13(14)11-20-7-9-21(10-8-20)12-15(16,17)18/h13-14,19H,2-12H2,1H3. The first-order valence-corrected chi connectivity index (χ1v) is 8.23. The van der Waals surface area contributed by atoms with Crippen LogP contribution in [0.1, 0.15) is 32.6 Å². The molecule has 1 saturated carbocycles. The van der Waals surface area contributed by atoms with Crippen molar-refractivity contribution in [2.24, 2.45) is 5.92 Å². The SMILES string of the molecule is CCCNC1CCCC1CN1CCN(CC(F)(F)F)CC1. The summed E-state index contributed by atoms with van der Waals surface area (Å²) in [6.45, 7) is 6.16. The zero-order valence-corrected chi connectivity index (χ0v) is 13.0. The maximum absolute atomic E-state index is 12.4. The van der Waals surface area contributed by atoms with Gasteiger partial charge in [0.15, 0.2) is 0 Å². The van der Waals surface area contributed by atoms with Crippen LogP contribution in [0, 0.1) is 5.92 Å². The lowest BCUT2D eigenvalue weighted by Gasteiger charge is -2.37. The summed E-state index contributed by atoms with van der Waals surface area (Å²) in [6, 6.07) is 0.609. The number of piperazine rings is 1. The molecule has 1 heterocycles. The number of nitrogens with one attached hydrogen (secondary N) is 1. The number of alkyl halides is 3. The molecule has 2 unspecified atom stereocenters. The van der Waals surface area contributed by atoms with Crippen molar-refractivity contribution in [3.8, 4) is 0 Å². The van der Waals surface area contributed by atoms with Crippen molar-refractivity contribution in [2.45, 2.75) is 44.8 Å². The highest BCUT2D eigenvalue weighted by Gasteiger charge is 2.33. The van der Waals surface area contributed by atoms with Crippen molar-refractivity contribution in [2.75, 3.05) is 45.8 Å². The second kappa shape index (κ2) is 7.79. The van der Waals surface area contributed by atoms with Crippen molar-refractivity contribution in [3.05, 3.63) is 0 Å². The second-order valence-corrected chi connectivity index (χ2v) is 6.44. The largest absolute Gasteiger partial charge is 0.401 e. The van der Waals surface area contributed by atoms with Crippen LogP contribution in [0.15, 0.2) is 0 Å². The van der Waals surface area contributed by atoms with Gasteiger partial charge in [0.05, 0.1) is 6.54 Å². The van der Waals surface area contributed by atoms with E-state index in [-0.39, 0.29) is 0 Å². The van der Waals surface area contributed by atoms with E-state index in [0.717, 1.165) is 32.6 Å². The molecule has 0 bridgehead atoms. The Balaban J connectivity index is 1.70. The summed E-state index contributed by atoms with van der Waals surface area (Å²) in [7, 11) is 0. The Morgan fingerprint density at radius 1 is 1.05 bits per heavy atom. The fraction of sp³-hybridized carbons (Fsp3) is 1.00. The number of halogens is 3. The summed E-state index contributed by atoms with van der Waals surface area (Å²) in [6.07, 6.45) is 0.866. The molecule has 1 N–H and O–H groups in total. The molecule has 1 aliphatic carbocycles. The van der Waals surface area contributed by atoms with Gasteiger partial charge in [0.25, 0.3) is 0 Å². The van der Waals surface area contributed by atoms with Gasteiger partial charge >= 0.3 is 6.18 Å². The van der Waals surface area contributed by atoms with Crippen LogP contribution in [0.3, 0.4) is 0 Å². The molecule has 2 aliphatic rings. The van der Waals surface area contributed by atoms with E-state index in [9.17, 15) is 13.2 Å². The smallest absolute Gasteiger partial charge is 0.314 e. The minimum Gasteiger partial charge on any atom is -0.314 e. The average Bonchev–Trinajstić information content (AvgIpc) is 2.84. The van der Waals surface area contributed by atoms with E-state index < -0.39 is 12.7 Å². The lowest BCUT2D eigenvalue weighted by molar-refractivity contribution is -0.149. The molecule has 6 heteroatoms. The predicted molar refractivity (Wildman–Crippen MR) is 78.4 cm³/mol. The van der Waals surface area contributed by atoms with Crippen molar-refractivity contribution in [1.82, 2.24) is 15.1 Å². The van der Waals surface area contributed by atoms with E-state index in [2.05, 4.69) is 17.1 Å². The van der Waals surface area contributed by atoms with Crippen LogP contribution in [-0.2, 0) is 0 Å². The Hall–Kier alpha value is -0.330. The van der Waals surface area contributed by atoms with Crippen molar-refractivity contribution in [1.29, 1.82) is 0 Å². The minimum atomic E-state index is -4.07. The number of hydrogen-bond acceptors (Lipinski definition) is 3. The predicted octanol–water partition coefficient (Wildman–Crippen LogP) is 2.33. The molecule has 21 heavy (non-hydrogen) atoms. The van der Waals surface area contributed by atoms with Gasteiger partial charge in [0.2, 0.25) is 0 Å². The first kappa shape index (κ1) is 17.0. The molecule has 2 atom stereocenters. The summed E-state index contributed by atoms with van der Waals surface area (Å²) in [4.78, 5) is 3.88. The maximum atomic E-state index is 12.4.